The van der Waals surface area contributed by atoms with Gasteiger partial charge >= 0.3 is 0 Å². The zero-order valence-corrected chi connectivity index (χ0v) is 26.3. The molecule has 0 atom stereocenters. The predicted octanol–water partition coefficient (Wildman–Crippen LogP) is 10.8. The first-order chi connectivity index (χ1) is 24.2. The van der Waals surface area contributed by atoms with Crippen molar-refractivity contribution in [3.8, 4) is 11.8 Å². The van der Waals surface area contributed by atoms with E-state index in [1.165, 1.54) is 0 Å². The second kappa shape index (κ2) is 11.1. The second-order valence-electron chi connectivity index (χ2n) is 12.2. The van der Waals surface area contributed by atoms with E-state index < -0.39 is 5.41 Å². The number of nitriles is 1. The molecule has 6 aromatic carbocycles. The third kappa shape index (κ3) is 4.13. The molecular formula is C44H27N5. The second-order valence-corrected chi connectivity index (χ2v) is 12.2. The Hall–Kier alpha value is -6.95. The molecule has 1 aliphatic rings. The Labute approximate surface area is 284 Å². The number of benzene rings is 6. The third-order valence-corrected chi connectivity index (χ3v) is 9.78. The van der Waals surface area contributed by atoms with Crippen molar-refractivity contribution < 1.29 is 0 Å². The molecule has 0 fully saturated rings. The Balaban J connectivity index is 1.31. The summed E-state index contributed by atoms with van der Waals surface area (Å²) in [6, 6.07) is 54.9. The van der Waals surface area contributed by atoms with Crippen LogP contribution in [0.3, 0.4) is 0 Å². The molecular weight excluding hydrogens is 599 g/mol. The molecule has 8 aromatic rings. The van der Waals surface area contributed by atoms with Crippen molar-refractivity contribution in [1.29, 1.82) is 5.26 Å². The predicted molar refractivity (Wildman–Crippen MR) is 196 cm³/mol. The molecule has 228 valence electrons. The minimum Gasteiger partial charge on any atom is -0.310 e. The Morgan fingerprint density at radius 2 is 1.27 bits per heavy atom. The van der Waals surface area contributed by atoms with Crippen molar-refractivity contribution in [1.82, 2.24) is 9.55 Å². The Kier molecular flexibility index (Phi) is 6.40. The van der Waals surface area contributed by atoms with Gasteiger partial charge in [-0.3, -0.25) is 4.98 Å². The molecule has 49 heavy (non-hydrogen) atoms. The van der Waals surface area contributed by atoms with Crippen LogP contribution in [0.1, 0.15) is 27.8 Å². The maximum Gasteiger partial charge on any atom is 0.188 e. The van der Waals surface area contributed by atoms with E-state index in [4.69, 9.17) is 6.57 Å². The number of fused-ring (bicyclic) bond motifs is 5. The lowest BCUT2D eigenvalue weighted by Crippen LogP contribution is -2.37. The molecule has 3 heterocycles. The topological polar surface area (TPSA) is 49.2 Å². The fourth-order valence-electron chi connectivity index (χ4n) is 7.77. The molecule has 9 rings (SSSR count). The van der Waals surface area contributed by atoms with Crippen molar-refractivity contribution in [2.75, 3.05) is 4.90 Å². The minimum atomic E-state index is -0.628. The van der Waals surface area contributed by atoms with Crippen molar-refractivity contribution in [3.63, 3.8) is 0 Å². The van der Waals surface area contributed by atoms with E-state index >= 15 is 0 Å². The molecule has 0 N–H and O–H groups in total. The number of hydrogen-bond acceptors (Lipinski definition) is 3. The van der Waals surface area contributed by atoms with Crippen molar-refractivity contribution in [3.05, 3.63) is 203 Å². The average Bonchev–Trinajstić information content (AvgIpc) is 3.51. The van der Waals surface area contributed by atoms with Gasteiger partial charge in [0, 0.05) is 29.2 Å². The maximum absolute atomic E-state index is 9.65. The summed E-state index contributed by atoms with van der Waals surface area (Å²) in [6.45, 7) is 7.60. The molecule has 0 bridgehead atoms. The summed E-state index contributed by atoms with van der Waals surface area (Å²) in [5.74, 6) is 0. The Morgan fingerprint density at radius 3 is 1.98 bits per heavy atom. The Bertz CT molecular complexity index is 2590. The lowest BCUT2D eigenvalue weighted by atomic mass is 9.62. The van der Waals surface area contributed by atoms with Crippen LogP contribution in [0.2, 0.25) is 0 Å². The van der Waals surface area contributed by atoms with Crippen LogP contribution in [0.5, 0.6) is 0 Å². The smallest absolute Gasteiger partial charge is 0.188 e. The summed E-state index contributed by atoms with van der Waals surface area (Å²) in [5.41, 5.74) is 11.5. The molecule has 0 saturated heterocycles. The number of hydrogen-bond donors (Lipinski definition) is 0. The summed E-state index contributed by atoms with van der Waals surface area (Å²) >= 11 is 0. The molecule has 0 radical (unpaired) electrons. The molecule has 0 spiro atoms. The first-order valence-electron chi connectivity index (χ1n) is 16.1. The molecule has 0 saturated carbocycles. The molecule has 5 nitrogen and oxygen atoms in total. The van der Waals surface area contributed by atoms with Gasteiger partial charge in [-0.1, -0.05) is 91.0 Å². The molecule has 0 amide bonds. The van der Waals surface area contributed by atoms with Gasteiger partial charge < -0.3 is 9.47 Å². The standard InChI is InChI=1S/C44H27N5/c1-46-33-22-23-40-36(26-33)37-29-47-25-24-41(37)48(40)34-12-9-13-35(27-34)49-42-16-7-5-14-38(42)44(31-10-3-2-4-11-31,39-15-6-8-17-43(39)49)32-20-18-30(28-45)19-21-32/h2-27,29H. The maximum atomic E-state index is 9.65. The molecule has 2 aromatic heterocycles. The van der Waals surface area contributed by atoms with E-state index in [9.17, 15) is 5.26 Å². The van der Waals surface area contributed by atoms with Crippen LogP contribution in [0.25, 0.3) is 32.3 Å². The van der Waals surface area contributed by atoms with Crippen molar-refractivity contribution in [2.24, 2.45) is 0 Å². The van der Waals surface area contributed by atoms with Crippen LogP contribution in [0, 0.1) is 17.9 Å². The molecule has 0 aliphatic carbocycles. The van der Waals surface area contributed by atoms with Crippen LogP contribution in [0.15, 0.2) is 164 Å². The largest absolute Gasteiger partial charge is 0.310 e. The highest BCUT2D eigenvalue weighted by molar-refractivity contribution is 6.10. The van der Waals surface area contributed by atoms with E-state index in [0.29, 0.717) is 11.3 Å². The summed E-state index contributed by atoms with van der Waals surface area (Å²) in [7, 11) is 0. The quantitative estimate of drug-likeness (QED) is 0.183. The fraction of sp³-hybridized carbons (Fsp3) is 0.0227. The normalized spacial score (nSPS) is 13.0. The lowest BCUT2D eigenvalue weighted by Gasteiger charge is -2.46. The van der Waals surface area contributed by atoms with Gasteiger partial charge in [0.25, 0.3) is 0 Å². The van der Waals surface area contributed by atoms with Crippen LogP contribution in [0.4, 0.5) is 22.7 Å². The van der Waals surface area contributed by atoms with Gasteiger partial charge in [-0.15, -0.1) is 0 Å². The van der Waals surface area contributed by atoms with Gasteiger partial charge in [-0.05, 0) is 88.3 Å². The number of nitrogens with zero attached hydrogens (tertiary/aromatic N) is 5. The van der Waals surface area contributed by atoms with Gasteiger partial charge in [0.15, 0.2) is 5.69 Å². The van der Waals surface area contributed by atoms with E-state index in [1.807, 2.05) is 48.8 Å². The molecule has 5 heteroatoms. The highest BCUT2D eigenvalue weighted by Gasteiger charge is 2.46. The average molecular weight is 626 g/mol. The first-order valence-corrected chi connectivity index (χ1v) is 16.1. The van der Waals surface area contributed by atoms with Crippen LogP contribution >= 0.6 is 0 Å². The lowest BCUT2D eigenvalue weighted by molar-refractivity contribution is 0.731. The van der Waals surface area contributed by atoms with Crippen LogP contribution in [-0.2, 0) is 5.41 Å². The van der Waals surface area contributed by atoms with Gasteiger partial charge in [0.2, 0.25) is 0 Å². The van der Waals surface area contributed by atoms with Crippen molar-refractivity contribution in [2.45, 2.75) is 5.41 Å². The van der Waals surface area contributed by atoms with Gasteiger partial charge in [-0.25, -0.2) is 4.85 Å². The zero-order valence-electron chi connectivity index (χ0n) is 26.3. The van der Waals surface area contributed by atoms with E-state index in [2.05, 4.69) is 141 Å². The number of aromatic nitrogens is 2. The Morgan fingerprint density at radius 1 is 0.612 bits per heavy atom. The fourth-order valence-corrected chi connectivity index (χ4v) is 7.77. The number of rotatable bonds is 4. The third-order valence-electron chi connectivity index (χ3n) is 9.78. The first kappa shape index (κ1) is 28.3. The summed E-state index contributed by atoms with van der Waals surface area (Å²) < 4.78 is 2.26. The van der Waals surface area contributed by atoms with Gasteiger partial charge in [0.05, 0.1) is 46.0 Å². The summed E-state index contributed by atoms with van der Waals surface area (Å²) in [5, 5.41) is 11.7. The summed E-state index contributed by atoms with van der Waals surface area (Å²) in [6.07, 6.45) is 3.70. The zero-order chi connectivity index (χ0) is 33.0. The van der Waals surface area contributed by atoms with E-state index in [1.54, 1.807) is 0 Å². The summed E-state index contributed by atoms with van der Waals surface area (Å²) in [4.78, 5) is 10.5. The number of anilines is 3. The monoisotopic (exact) mass is 625 g/mol. The van der Waals surface area contributed by atoms with Crippen LogP contribution < -0.4 is 4.90 Å². The number of para-hydroxylation sites is 2. The highest BCUT2D eigenvalue weighted by atomic mass is 15.2. The molecule has 0 unspecified atom stereocenters. The van der Waals surface area contributed by atoms with Gasteiger partial charge in [0.1, 0.15) is 0 Å². The highest BCUT2D eigenvalue weighted by Crippen LogP contribution is 2.57. The number of pyridine rings is 1. The van der Waals surface area contributed by atoms with E-state index in [0.717, 1.165) is 66.8 Å². The molecule has 1 aliphatic heterocycles. The van der Waals surface area contributed by atoms with Crippen LogP contribution in [-0.4, -0.2) is 9.55 Å². The van der Waals surface area contributed by atoms with E-state index in [-0.39, 0.29) is 0 Å². The van der Waals surface area contributed by atoms with Gasteiger partial charge in [-0.2, -0.15) is 5.26 Å². The minimum absolute atomic E-state index is 0.606. The van der Waals surface area contributed by atoms with Crippen molar-refractivity contribution >= 4 is 44.6 Å². The SMILES string of the molecule is [C-]#[N+]c1ccc2c(c1)c1cnccc1n2-c1cccc(N2c3ccccc3C(c3ccccc3)(c3ccc(C#N)cc3)c3ccccc32)c1.